The summed E-state index contributed by atoms with van der Waals surface area (Å²) in [5.74, 6) is 0.683. The molecule has 2 aromatic rings. The standard InChI is InChI=1S/C18H22N2O5S/c1-12-14(7-6-8-16(12)20(2)26(5,22)23)18(21)19-15-11-13(24-3)9-10-17(15)25-4/h6-11H,1-5H3,(H,19,21). The Hall–Kier alpha value is -2.74. The van der Waals surface area contributed by atoms with E-state index in [2.05, 4.69) is 5.32 Å². The fourth-order valence-corrected chi connectivity index (χ4v) is 3.05. The second kappa shape index (κ2) is 7.65. The smallest absolute Gasteiger partial charge is 0.256 e. The molecule has 0 bridgehead atoms. The molecule has 0 aliphatic rings. The summed E-state index contributed by atoms with van der Waals surface area (Å²) in [7, 11) is 1.05. The number of carbonyl (C=O) groups is 1. The van der Waals surface area contributed by atoms with Gasteiger partial charge in [0.25, 0.3) is 5.91 Å². The minimum absolute atomic E-state index is 0.364. The summed E-state index contributed by atoms with van der Waals surface area (Å²) >= 11 is 0. The maximum Gasteiger partial charge on any atom is 0.256 e. The van der Waals surface area contributed by atoms with Crippen molar-refractivity contribution < 1.29 is 22.7 Å². The number of amides is 1. The number of sulfonamides is 1. The van der Waals surface area contributed by atoms with E-state index in [1.165, 1.54) is 21.3 Å². The first-order valence-corrected chi connectivity index (χ1v) is 9.60. The molecule has 0 saturated carbocycles. The van der Waals surface area contributed by atoms with E-state index in [0.29, 0.717) is 34.0 Å². The number of hydrogen-bond acceptors (Lipinski definition) is 5. The number of anilines is 2. The third-order valence-electron chi connectivity index (χ3n) is 4.04. The van der Waals surface area contributed by atoms with Crippen LogP contribution in [0.2, 0.25) is 0 Å². The summed E-state index contributed by atoms with van der Waals surface area (Å²) in [6.07, 6.45) is 1.11. The number of hydrogen-bond donors (Lipinski definition) is 1. The van der Waals surface area contributed by atoms with Crippen molar-refractivity contribution in [2.24, 2.45) is 0 Å². The van der Waals surface area contributed by atoms with Gasteiger partial charge in [-0.05, 0) is 36.8 Å². The number of carbonyl (C=O) groups excluding carboxylic acids is 1. The molecule has 0 aliphatic carbocycles. The molecule has 0 fully saturated rings. The Labute approximate surface area is 153 Å². The average molecular weight is 378 g/mol. The molecule has 26 heavy (non-hydrogen) atoms. The lowest BCUT2D eigenvalue weighted by Gasteiger charge is -2.20. The van der Waals surface area contributed by atoms with Gasteiger partial charge in [-0.3, -0.25) is 9.10 Å². The van der Waals surface area contributed by atoms with Crippen molar-refractivity contribution in [3.05, 3.63) is 47.5 Å². The van der Waals surface area contributed by atoms with Gasteiger partial charge in [-0.1, -0.05) is 6.07 Å². The molecule has 2 aromatic carbocycles. The van der Waals surface area contributed by atoms with Crippen LogP contribution in [0.15, 0.2) is 36.4 Å². The lowest BCUT2D eigenvalue weighted by Crippen LogP contribution is -2.26. The maximum atomic E-state index is 12.8. The van der Waals surface area contributed by atoms with E-state index in [9.17, 15) is 13.2 Å². The molecule has 8 heteroatoms. The molecule has 2 rings (SSSR count). The zero-order chi connectivity index (χ0) is 19.5. The van der Waals surface area contributed by atoms with Crippen LogP contribution >= 0.6 is 0 Å². The predicted molar refractivity (Wildman–Crippen MR) is 102 cm³/mol. The Kier molecular flexibility index (Phi) is 5.76. The van der Waals surface area contributed by atoms with Crippen LogP contribution in [-0.2, 0) is 10.0 Å². The largest absolute Gasteiger partial charge is 0.497 e. The van der Waals surface area contributed by atoms with Crippen LogP contribution in [0.5, 0.6) is 11.5 Å². The van der Waals surface area contributed by atoms with Crippen molar-refractivity contribution in [1.82, 2.24) is 0 Å². The molecular formula is C18H22N2O5S. The summed E-state index contributed by atoms with van der Waals surface area (Å²) in [6, 6.07) is 9.99. The van der Waals surface area contributed by atoms with Gasteiger partial charge in [-0.15, -0.1) is 0 Å². The van der Waals surface area contributed by atoms with E-state index in [-0.39, 0.29) is 5.91 Å². The van der Waals surface area contributed by atoms with Gasteiger partial charge in [0.15, 0.2) is 0 Å². The fraction of sp³-hybridized carbons (Fsp3) is 0.278. The van der Waals surface area contributed by atoms with E-state index >= 15 is 0 Å². The van der Waals surface area contributed by atoms with Crippen molar-refractivity contribution in [2.45, 2.75) is 6.92 Å². The summed E-state index contributed by atoms with van der Waals surface area (Å²) in [5, 5.41) is 2.79. The average Bonchev–Trinajstić information content (AvgIpc) is 2.60. The van der Waals surface area contributed by atoms with Gasteiger partial charge in [0.05, 0.1) is 31.9 Å². The van der Waals surface area contributed by atoms with Gasteiger partial charge in [0.2, 0.25) is 10.0 Å². The lowest BCUT2D eigenvalue weighted by atomic mass is 10.1. The van der Waals surface area contributed by atoms with E-state index in [1.54, 1.807) is 43.3 Å². The highest BCUT2D eigenvalue weighted by atomic mass is 32.2. The molecule has 0 saturated heterocycles. The summed E-state index contributed by atoms with van der Waals surface area (Å²) < 4.78 is 35.2. The van der Waals surface area contributed by atoms with Crippen LogP contribution in [-0.4, -0.2) is 41.8 Å². The van der Waals surface area contributed by atoms with Crippen molar-refractivity contribution in [3.8, 4) is 11.5 Å². The SMILES string of the molecule is COc1ccc(OC)c(NC(=O)c2cccc(N(C)S(C)(=O)=O)c2C)c1. The zero-order valence-corrected chi connectivity index (χ0v) is 16.2. The third kappa shape index (κ3) is 4.08. The van der Waals surface area contributed by atoms with Gasteiger partial charge in [-0.25, -0.2) is 8.42 Å². The zero-order valence-electron chi connectivity index (χ0n) is 15.4. The molecular weight excluding hydrogens is 356 g/mol. The number of nitrogens with one attached hydrogen (secondary N) is 1. The van der Waals surface area contributed by atoms with Crippen molar-refractivity contribution >= 4 is 27.3 Å². The Bertz CT molecular complexity index is 925. The van der Waals surface area contributed by atoms with Gasteiger partial charge in [0.1, 0.15) is 11.5 Å². The highest BCUT2D eigenvalue weighted by Crippen LogP contribution is 2.30. The molecule has 140 valence electrons. The van der Waals surface area contributed by atoms with Gasteiger partial charge < -0.3 is 14.8 Å². The molecule has 1 N–H and O–H groups in total. The maximum absolute atomic E-state index is 12.8. The first-order chi connectivity index (χ1) is 12.2. The Balaban J connectivity index is 2.40. The Morgan fingerprint density at radius 1 is 1.12 bits per heavy atom. The van der Waals surface area contributed by atoms with Crippen LogP contribution in [0.1, 0.15) is 15.9 Å². The van der Waals surface area contributed by atoms with Crippen LogP contribution in [0.4, 0.5) is 11.4 Å². The third-order valence-corrected chi connectivity index (χ3v) is 5.23. The first kappa shape index (κ1) is 19.6. The van der Waals surface area contributed by atoms with Gasteiger partial charge >= 0.3 is 0 Å². The summed E-state index contributed by atoms with van der Waals surface area (Å²) in [5.41, 5.74) is 1.82. The summed E-state index contributed by atoms with van der Waals surface area (Å²) in [6.45, 7) is 1.70. The molecule has 0 aromatic heterocycles. The Morgan fingerprint density at radius 3 is 2.38 bits per heavy atom. The number of rotatable bonds is 6. The minimum Gasteiger partial charge on any atom is -0.497 e. The highest BCUT2D eigenvalue weighted by Gasteiger charge is 2.19. The van der Waals surface area contributed by atoms with Crippen LogP contribution in [0, 0.1) is 6.92 Å². The van der Waals surface area contributed by atoms with Crippen LogP contribution < -0.4 is 19.1 Å². The quantitative estimate of drug-likeness (QED) is 0.835. The predicted octanol–water partition coefficient (Wildman–Crippen LogP) is 2.66. The number of benzene rings is 2. The molecule has 1 amide bonds. The fourth-order valence-electron chi connectivity index (χ4n) is 2.49. The molecule has 0 heterocycles. The Morgan fingerprint density at radius 2 is 1.81 bits per heavy atom. The lowest BCUT2D eigenvalue weighted by molar-refractivity contribution is 0.102. The van der Waals surface area contributed by atoms with E-state index < -0.39 is 10.0 Å². The topological polar surface area (TPSA) is 84.9 Å². The second-order valence-electron chi connectivity index (χ2n) is 5.70. The minimum atomic E-state index is -3.43. The number of nitrogens with zero attached hydrogens (tertiary/aromatic N) is 1. The van der Waals surface area contributed by atoms with E-state index in [0.717, 1.165) is 10.6 Å². The normalized spacial score (nSPS) is 11.0. The van der Waals surface area contributed by atoms with E-state index in [1.807, 2.05) is 0 Å². The van der Waals surface area contributed by atoms with Gasteiger partial charge in [-0.2, -0.15) is 0 Å². The molecule has 0 aliphatic heterocycles. The van der Waals surface area contributed by atoms with Crippen molar-refractivity contribution in [2.75, 3.05) is 37.1 Å². The highest BCUT2D eigenvalue weighted by molar-refractivity contribution is 7.92. The van der Waals surface area contributed by atoms with Crippen LogP contribution in [0.25, 0.3) is 0 Å². The molecule has 0 spiro atoms. The van der Waals surface area contributed by atoms with Gasteiger partial charge in [0, 0.05) is 18.7 Å². The second-order valence-corrected chi connectivity index (χ2v) is 7.71. The molecule has 0 unspecified atom stereocenters. The number of methoxy groups -OCH3 is 2. The van der Waals surface area contributed by atoms with Crippen LogP contribution in [0.3, 0.4) is 0 Å². The molecule has 0 radical (unpaired) electrons. The van der Waals surface area contributed by atoms with Crippen molar-refractivity contribution in [3.63, 3.8) is 0 Å². The molecule has 7 nitrogen and oxygen atoms in total. The van der Waals surface area contributed by atoms with Crippen molar-refractivity contribution in [1.29, 1.82) is 0 Å². The number of ether oxygens (including phenoxy) is 2. The van der Waals surface area contributed by atoms with E-state index in [4.69, 9.17) is 9.47 Å². The molecule has 0 atom stereocenters. The first-order valence-electron chi connectivity index (χ1n) is 7.76. The monoisotopic (exact) mass is 378 g/mol. The summed E-state index contributed by atoms with van der Waals surface area (Å²) in [4.78, 5) is 12.8.